The van der Waals surface area contributed by atoms with E-state index in [2.05, 4.69) is 5.32 Å². The molecule has 0 bridgehead atoms. The summed E-state index contributed by atoms with van der Waals surface area (Å²) in [6.07, 6.45) is 1.94. The number of hydrogen-bond acceptors (Lipinski definition) is 3. The molecule has 2 N–H and O–H groups in total. The van der Waals surface area contributed by atoms with Gasteiger partial charge in [-0.25, -0.2) is 4.79 Å². The van der Waals surface area contributed by atoms with Crippen LogP contribution in [0, 0.1) is 0 Å². The second-order valence-electron chi connectivity index (χ2n) is 6.08. The van der Waals surface area contributed by atoms with Gasteiger partial charge in [0.15, 0.2) is 0 Å². The quantitative estimate of drug-likeness (QED) is 0.879. The number of carbonyl (C=O) groups is 1. The summed E-state index contributed by atoms with van der Waals surface area (Å²) < 4.78 is 5.69. The molecule has 22 heavy (non-hydrogen) atoms. The van der Waals surface area contributed by atoms with E-state index in [0.717, 1.165) is 24.2 Å². The van der Waals surface area contributed by atoms with Gasteiger partial charge in [0.2, 0.25) is 0 Å². The fourth-order valence-corrected chi connectivity index (χ4v) is 2.77. The lowest BCUT2D eigenvalue weighted by Gasteiger charge is -2.26. The predicted molar refractivity (Wildman–Crippen MR) is 86.0 cm³/mol. The zero-order chi connectivity index (χ0) is 16.1. The van der Waals surface area contributed by atoms with Crippen LogP contribution in [0.3, 0.4) is 0 Å². The Bertz CT molecular complexity index is 504. The summed E-state index contributed by atoms with van der Waals surface area (Å²) in [6, 6.07) is 7.51. The lowest BCUT2D eigenvalue weighted by molar-refractivity contribution is 0.155. The first-order chi connectivity index (χ1) is 10.5. The van der Waals surface area contributed by atoms with Gasteiger partial charge in [-0.15, -0.1) is 0 Å². The SMILES string of the molecule is CC(C)Oc1cccc(C(C)NC(=O)N2CCCC2CO)c1. The van der Waals surface area contributed by atoms with Crippen molar-refractivity contribution < 1.29 is 14.6 Å². The number of urea groups is 1. The lowest BCUT2D eigenvalue weighted by Crippen LogP contribution is -2.44. The van der Waals surface area contributed by atoms with Crippen molar-refractivity contribution in [3.05, 3.63) is 29.8 Å². The van der Waals surface area contributed by atoms with Gasteiger partial charge in [0.05, 0.1) is 24.8 Å². The Morgan fingerprint density at radius 1 is 1.45 bits per heavy atom. The van der Waals surface area contributed by atoms with Crippen LogP contribution in [0.25, 0.3) is 0 Å². The Morgan fingerprint density at radius 2 is 2.23 bits per heavy atom. The van der Waals surface area contributed by atoms with E-state index in [1.165, 1.54) is 0 Å². The second kappa shape index (κ2) is 7.49. The molecule has 0 aromatic heterocycles. The number of carbonyl (C=O) groups excluding carboxylic acids is 1. The van der Waals surface area contributed by atoms with Crippen LogP contribution in [0.2, 0.25) is 0 Å². The van der Waals surface area contributed by atoms with Gasteiger partial charge in [-0.3, -0.25) is 0 Å². The number of likely N-dealkylation sites (tertiary alicyclic amines) is 1. The third kappa shape index (κ3) is 4.13. The molecule has 1 heterocycles. The summed E-state index contributed by atoms with van der Waals surface area (Å²) in [5, 5.41) is 12.3. The Labute approximate surface area is 132 Å². The normalized spacial score (nSPS) is 19.3. The standard InChI is InChI=1S/C17H26N2O3/c1-12(2)22-16-8-4-6-14(10-16)13(3)18-17(21)19-9-5-7-15(19)11-20/h4,6,8,10,12-13,15,20H,5,7,9,11H2,1-3H3,(H,18,21). The van der Waals surface area contributed by atoms with Gasteiger partial charge in [0.25, 0.3) is 0 Å². The van der Waals surface area contributed by atoms with E-state index in [1.54, 1.807) is 4.90 Å². The summed E-state index contributed by atoms with van der Waals surface area (Å²) in [7, 11) is 0. The number of nitrogens with zero attached hydrogens (tertiary/aromatic N) is 1. The van der Waals surface area contributed by atoms with Crippen LogP contribution in [0.1, 0.15) is 45.2 Å². The Hall–Kier alpha value is -1.75. The molecule has 0 saturated carbocycles. The van der Waals surface area contributed by atoms with Crippen molar-refractivity contribution in [3.8, 4) is 5.75 Å². The zero-order valence-corrected chi connectivity index (χ0v) is 13.6. The van der Waals surface area contributed by atoms with E-state index in [4.69, 9.17) is 4.74 Å². The molecule has 1 aromatic carbocycles. The highest BCUT2D eigenvalue weighted by molar-refractivity contribution is 5.75. The maximum Gasteiger partial charge on any atom is 0.318 e. The average Bonchev–Trinajstić information content (AvgIpc) is 2.95. The zero-order valence-electron chi connectivity index (χ0n) is 13.6. The van der Waals surface area contributed by atoms with Gasteiger partial charge in [-0.05, 0) is 51.3 Å². The Morgan fingerprint density at radius 3 is 2.91 bits per heavy atom. The van der Waals surface area contributed by atoms with Crippen molar-refractivity contribution in [2.24, 2.45) is 0 Å². The molecule has 122 valence electrons. The van der Waals surface area contributed by atoms with Crippen LogP contribution >= 0.6 is 0 Å². The first-order valence-corrected chi connectivity index (χ1v) is 7.96. The summed E-state index contributed by atoms with van der Waals surface area (Å²) in [6.45, 7) is 6.66. The van der Waals surface area contributed by atoms with Crippen molar-refractivity contribution in [1.29, 1.82) is 0 Å². The Balaban J connectivity index is 1.99. The van der Waals surface area contributed by atoms with Crippen LogP contribution in [0.4, 0.5) is 4.79 Å². The number of aliphatic hydroxyl groups excluding tert-OH is 1. The van der Waals surface area contributed by atoms with Gasteiger partial charge in [0.1, 0.15) is 5.75 Å². The second-order valence-corrected chi connectivity index (χ2v) is 6.08. The minimum Gasteiger partial charge on any atom is -0.491 e. The van der Waals surface area contributed by atoms with Gasteiger partial charge >= 0.3 is 6.03 Å². The van der Waals surface area contributed by atoms with E-state index >= 15 is 0 Å². The number of nitrogens with one attached hydrogen (secondary N) is 1. The van der Waals surface area contributed by atoms with E-state index in [9.17, 15) is 9.90 Å². The Kier molecular flexibility index (Phi) is 5.66. The van der Waals surface area contributed by atoms with Crippen LogP contribution in [-0.4, -0.2) is 41.3 Å². The number of rotatable bonds is 5. The molecule has 2 amide bonds. The molecule has 5 nitrogen and oxygen atoms in total. The monoisotopic (exact) mass is 306 g/mol. The molecular weight excluding hydrogens is 280 g/mol. The van der Waals surface area contributed by atoms with Crippen LogP contribution < -0.4 is 10.1 Å². The van der Waals surface area contributed by atoms with E-state index in [1.807, 2.05) is 45.0 Å². The third-order valence-electron chi connectivity index (χ3n) is 3.92. The summed E-state index contributed by atoms with van der Waals surface area (Å²) in [5.41, 5.74) is 1.01. The molecule has 2 rings (SSSR count). The summed E-state index contributed by atoms with van der Waals surface area (Å²) in [4.78, 5) is 14.1. The van der Waals surface area contributed by atoms with Crippen molar-refractivity contribution in [2.75, 3.05) is 13.2 Å². The molecule has 1 aliphatic rings. The van der Waals surface area contributed by atoms with Crippen molar-refractivity contribution >= 4 is 6.03 Å². The van der Waals surface area contributed by atoms with Crippen molar-refractivity contribution in [2.45, 2.75) is 51.8 Å². The van der Waals surface area contributed by atoms with Crippen LogP contribution in [0.5, 0.6) is 5.75 Å². The van der Waals surface area contributed by atoms with Crippen molar-refractivity contribution in [3.63, 3.8) is 0 Å². The highest BCUT2D eigenvalue weighted by atomic mass is 16.5. The van der Waals surface area contributed by atoms with Gasteiger partial charge in [-0.2, -0.15) is 0 Å². The molecule has 2 unspecified atom stereocenters. The molecule has 1 fully saturated rings. The van der Waals surface area contributed by atoms with E-state index < -0.39 is 0 Å². The van der Waals surface area contributed by atoms with Crippen LogP contribution in [-0.2, 0) is 0 Å². The number of hydrogen-bond donors (Lipinski definition) is 2. The fraction of sp³-hybridized carbons (Fsp3) is 0.588. The molecule has 1 aromatic rings. The van der Waals surface area contributed by atoms with Gasteiger partial charge in [-0.1, -0.05) is 12.1 Å². The van der Waals surface area contributed by atoms with Gasteiger partial charge < -0.3 is 20.1 Å². The fourth-order valence-electron chi connectivity index (χ4n) is 2.77. The molecule has 2 atom stereocenters. The molecule has 0 spiro atoms. The number of benzene rings is 1. The minimum atomic E-state index is -0.112. The number of amides is 2. The smallest absolute Gasteiger partial charge is 0.318 e. The highest BCUT2D eigenvalue weighted by Crippen LogP contribution is 2.22. The molecular formula is C17H26N2O3. The first-order valence-electron chi connectivity index (χ1n) is 7.96. The highest BCUT2D eigenvalue weighted by Gasteiger charge is 2.28. The van der Waals surface area contributed by atoms with Crippen molar-refractivity contribution in [1.82, 2.24) is 10.2 Å². The third-order valence-corrected chi connectivity index (χ3v) is 3.92. The first kappa shape index (κ1) is 16.6. The minimum absolute atomic E-state index is 0.0273. The summed E-state index contributed by atoms with van der Waals surface area (Å²) in [5.74, 6) is 0.808. The van der Waals surface area contributed by atoms with E-state index in [-0.39, 0.29) is 30.8 Å². The maximum absolute atomic E-state index is 12.3. The summed E-state index contributed by atoms with van der Waals surface area (Å²) >= 11 is 0. The number of aliphatic hydroxyl groups is 1. The molecule has 5 heteroatoms. The van der Waals surface area contributed by atoms with Gasteiger partial charge in [0, 0.05) is 6.54 Å². The van der Waals surface area contributed by atoms with Crippen LogP contribution in [0.15, 0.2) is 24.3 Å². The molecule has 0 aliphatic carbocycles. The molecule has 0 radical (unpaired) electrons. The largest absolute Gasteiger partial charge is 0.491 e. The topological polar surface area (TPSA) is 61.8 Å². The molecule has 1 aliphatic heterocycles. The average molecular weight is 306 g/mol. The molecule has 1 saturated heterocycles. The van der Waals surface area contributed by atoms with E-state index in [0.29, 0.717) is 6.54 Å². The maximum atomic E-state index is 12.3. The number of ether oxygens (including phenoxy) is 1. The lowest BCUT2D eigenvalue weighted by atomic mass is 10.1. The predicted octanol–water partition coefficient (Wildman–Crippen LogP) is 2.70.